The van der Waals surface area contributed by atoms with Crippen molar-refractivity contribution in [2.24, 2.45) is 5.92 Å². The van der Waals surface area contributed by atoms with Gasteiger partial charge in [0.1, 0.15) is 11.4 Å². The summed E-state index contributed by atoms with van der Waals surface area (Å²) in [5, 5.41) is 3.92. The van der Waals surface area contributed by atoms with E-state index in [9.17, 15) is 13.2 Å². The quantitative estimate of drug-likeness (QED) is 0.612. The highest BCUT2D eigenvalue weighted by Gasteiger charge is 2.37. The van der Waals surface area contributed by atoms with E-state index < -0.39 is 10.0 Å². The van der Waals surface area contributed by atoms with Gasteiger partial charge in [-0.2, -0.15) is 4.31 Å². The van der Waals surface area contributed by atoms with E-state index in [1.807, 2.05) is 29.2 Å². The van der Waals surface area contributed by atoms with E-state index in [1.165, 1.54) is 17.1 Å². The Labute approximate surface area is 201 Å². The highest BCUT2D eigenvalue weighted by molar-refractivity contribution is 7.89. The molecule has 1 aromatic heterocycles. The molecule has 2 aliphatic heterocycles. The van der Waals surface area contributed by atoms with Crippen LogP contribution in [0.3, 0.4) is 0 Å². The number of amides is 1. The summed E-state index contributed by atoms with van der Waals surface area (Å²) in [6.07, 6.45) is 8.94. The van der Waals surface area contributed by atoms with Crippen LogP contribution in [0.25, 0.3) is 12.2 Å². The Morgan fingerprint density at radius 1 is 1.03 bits per heavy atom. The predicted octanol–water partition coefficient (Wildman–Crippen LogP) is 3.97. The van der Waals surface area contributed by atoms with Gasteiger partial charge in [0.2, 0.25) is 15.9 Å². The lowest BCUT2D eigenvalue weighted by atomic mass is 9.96. The molecule has 1 amide bonds. The van der Waals surface area contributed by atoms with Crippen LogP contribution in [0.5, 0.6) is 5.75 Å². The van der Waals surface area contributed by atoms with Gasteiger partial charge < -0.3 is 14.2 Å². The molecular weight excluding hydrogens is 454 g/mol. The van der Waals surface area contributed by atoms with Gasteiger partial charge in [0.25, 0.3) is 0 Å². The van der Waals surface area contributed by atoms with Crippen molar-refractivity contribution in [2.75, 3.05) is 33.3 Å². The number of hydrogen-bond acceptors (Lipinski definition) is 6. The summed E-state index contributed by atoms with van der Waals surface area (Å²) in [6.45, 7) is 3.91. The third-order valence-electron chi connectivity index (χ3n) is 6.70. The third kappa shape index (κ3) is 5.36. The Bertz CT molecular complexity index is 1110. The number of ether oxygens (including phenoxy) is 1. The van der Waals surface area contributed by atoms with Crippen LogP contribution in [0.4, 0.5) is 0 Å². The Morgan fingerprint density at radius 2 is 1.68 bits per heavy atom. The maximum absolute atomic E-state index is 13.5. The number of hydrogen-bond donors (Lipinski definition) is 0. The van der Waals surface area contributed by atoms with Gasteiger partial charge in [-0.05, 0) is 56.4 Å². The number of sulfonamides is 1. The minimum absolute atomic E-state index is 0.0922. The Kier molecular flexibility index (Phi) is 7.73. The summed E-state index contributed by atoms with van der Waals surface area (Å²) in [4.78, 5) is 15.0. The molecule has 8 nitrogen and oxygen atoms in total. The zero-order chi connectivity index (χ0) is 24.1. The van der Waals surface area contributed by atoms with Gasteiger partial charge in [0.15, 0.2) is 10.7 Å². The SMILES string of the molecule is COc1ccc(C=Cc2onc(C)c2S(=O)(=O)N2CCC(C(=O)N3CCCCCC3)CC2)cc1. The first-order chi connectivity index (χ1) is 16.4. The summed E-state index contributed by atoms with van der Waals surface area (Å²) in [7, 11) is -2.19. The molecule has 2 aliphatic rings. The molecule has 1 aromatic carbocycles. The standard InChI is InChI=1S/C25H33N3O5S/c1-19-24(23(33-26-19)12-9-20-7-10-22(32-2)11-8-20)34(30,31)28-17-13-21(14-18-28)25(29)27-15-5-3-4-6-16-27/h7-12,21H,3-6,13-18H2,1-2H3. The van der Waals surface area contributed by atoms with E-state index in [0.717, 1.165) is 37.2 Å². The first-order valence-electron chi connectivity index (χ1n) is 12.0. The number of carbonyl (C=O) groups is 1. The Hall–Kier alpha value is -2.65. The lowest BCUT2D eigenvalue weighted by molar-refractivity contribution is -0.136. The molecule has 184 valence electrons. The molecule has 2 fully saturated rings. The molecule has 0 N–H and O–H groups in total. The second-order valence-electron chi connectivity index (χ2n) is 8.99. The summed E-state index contributed by atoms with van der Waals surface area (Å²) in [5.41, 5.74) is 1.21. The molecular formula is C25H33N3O5S. The molecule has 0 radical (unpaired) electrons. The fraction of sp³-hybridized carbons (Fsp3) is 0.520. The van der Waals surface area contributed by atoms with Crippen LogP contribution in [-0.2, 0) is 14.8 Å². The average Bonchev–Trinajstić information content (AvgIpc) is 3.05. The number of aromatic nitrogens is 1. The van der Waals surface area contributed by atoms with Crippen LogP contribution in [0.15, 0.2) is 33.7 Å². The topological polar surface area (TPSA) is 93.0 Å². The first kappa shape index (κ1) is 24.5. The van der Waals surface area contributed by atoms with E-state index in [4.69, 9.17) is 9.26 Å². The molecule has 0 unspecified atom stereocenters. The van der Waals surface area contributed by atoms with Gasteiger partial charge in [-0.1, -0.05) is 36.2 Å². The molecule has 3 heterocycles. The van der Waals surface area contributed by atoms with E-state index >= 15 is 0 Å². The van der Waals surface area contributed by atoms with Crippen molar-refractivity contribution in [1.29, 1.82) is 0 Å². The lowest BCUT2D eigenvalue weighted by Crippen LogP contribution is -2.44. The summed E-state index contributed by atoms with van der Waals surface area (Å²) < 4.78 is 39.0. The van der Waals surface area contributed by atoms with Gasteiger partial charge in [0, 0.05) is 32.1 Å². The smallest absolute Gasteiger partial charge is 0.248 e. The lowest BCUT2D eigenvalue weighted by Gasteiger charge is -2.33. The van der Waals surface area contributed by atoms with Crippen LogP contribution in [0, 0.1) is 12.8 Å². The van der Waals surface area contributed by atoms with Crippen LogP contribution in [0.2, 0.25) is 0 Å². The van der Waals surface area contributed by atoms with Crippen molar-refractivity contribution in [3.8, 4) is 5.75 Å². The zero-order valence-electron chi connectivity index (χ0n) is 19.9. The average molecular weight is 488 g/mol. The maximum atomic E-state index is 13.5. The third-order valence-corrected chi connectivity index (χ3v) is 8.75. The molecule has 0 saturated carbocycles. The van der Waals surface area contributed by atoms with E-state index in [0.29, 0.717) is 31.6 Å². The van der Waals surface area contributed by atoms with E-state index in [1.54, 1.807) is 26.2 Å². The van der Waals surface area contributed by atoms with Crippen LogP contribution >= 0.6 is 0 Å². The largest absolute Gasteiger partial charge is 0.497 e. The summed E-state index contributed by atoms with van der Waals surface area (Å²) in [6, 6.07) is 7.41. The van der Waals surface area contributed by atoms with Crippen LogP contribution in [0.1, 0.15) is 55.5 Å². The van der Waals surface area contributed by atoms with Crippen LogP contribution in [-0.4, -0.2) is 62.0 Å². The highest BCUT2D eigenvalue weighted by Crippen LogP contribution is 2.30. The van der Waals surface area contributed by atoms with Crippen molar-refractivity contribution in [3.05, 3.63) is 41.3 Å². The van der Waals surface area contributed by atoms with Gasteiger partial charge in [-0.25, -0.2) is 8.42 Å². The Balaban J connectivity index is 1.45. The number of piperidine rings is 1. The second kappa shape index (κ2) is 10.7. The normalized spacial score (nSPS) is 18.8. The van der Waals surface area contributed by atoms with Crippen molar-refractivity contribution in [2.45, 2.75) is 50.3 Å². The fourth-order valence-electron chi connectivity index (χ4n) is 4.71. The highest BCUT2D eigenvalue weighted by atomic mass is 32.2. The molecule has 0 atom stereocenters. The molecule has 0 spiro atoms. The van der Waals surface area contributed by atoms with Gasteiger partial charge in [0.05, 0.1) is 7.11 Å². The number of benzene rings is 1. The molecule has 2 aromatic rings. The minimum Gasteiger partial charge on any atom is -0.497 e. The number of nitrogens with zero attached hydrogens (tertiary/aromatic N) is 3. The van der Waals surface area contributed by atoms with Gasteiger partial charge >= 0.3 is 0 Å². The van der Waals surface area contributed by atoms with Crippen molar-refractivity contribution >= 4 is 28.1 Å². The molecule has 0 bridgehead atoms. The van der Waals surface area contributed by atoms with Gasteiger partial charge in [-0.15, -0.1) is 0 Å². The van der Waals surface area contributed by atoms with E-state index in [-0.39, 0.29) is 22.5 Å². The summed E-state index contributed by atoms with van der Waals surface area (Å²) in [5.74, 6) is 1.02. The zero-order valence-corrected chi connectivity index (χ0v) is 20.7. The fourth-order valence-corrected chi connectivity index (χ4v) is 6.43. The summed E-state index contributed by atoms with van der Waals surface area (Å²) >= 11 is 0. The number of methoxy groups -OCH3 is 1. The number of likely N-dealkylation sites (tertiary alicyclic amines) is 1. The maximum Gasteiger partial charge on any atom is 0.248 e. The van der Waals surface area contributed by atoms with Crippen LogP contribution < -0.4 is 4.74 Å². The van der Waals surface area contributed by atoms with Gasteiger partial charge in [-0.3, -0.25) is 4.79 Å². The molecule has 34 heavy (non-hydrogen) atoms. The number of rotatable bonds is 6. The van der Waals surface area contributed by atoms with E-state index in [2.05, 4.69) is 5.16 Å². The Morgan fingerprint density at radius 3 is 2.29 bits per heavy atom. The number of carbonyl (C=O) groups excluding carboxylic acids is 1. The molecule has 2 saturated heterocycles. The van der Waals surface area contributed by atoms with Crippen molar-refractivity contribution in [1.82, 2.24) is 14.4 Å². The van der Waals surface area contributed by atoms with Crippen molar-refractivity contribution < 1.29 is 22.5 Å². The second-order valence-corrected chi connectivity index (χ2v) is 10.9. The monoisotopic (exact) mass is 487 g/mol. The molecule has 4 rings (SSSR count). The number of aryl methyl sites for hydroxylation is 1. The predicted molar refractivity (Wildman–Crippen MR) is 130 cm³/mol. The first-order valence-corrected chi connectivity index (χ1v) is 13.4. The molecule has 9 heteroatoms. The molecule has 0 aliphatic carbocycles. The minimum atomic E-state index is -3.79. The van der Waals surface area contributed by atoms with Crippen molar-refractivity contribution in [3.63, 3.8) is 0 Å².